The molecule has 0 atom stereocenters. The molecule has 0 spiro atoms. The number of piperidine rings is 1. The Morgan fingerprint density at radius 1 is 0.962 bits per heavy atom. The maximum Gasteiger partial charge on any atom is 0.178 e. The predicted octanol–water partition coefficient (Wildman–Crippen LogP) is 3.63. The highest BCUT2D eigenvalue weighted by Crippen LogP contribution is 2.26. The molecule has 0 radical (unpaired) electrons. The zero-order valence-corrected chi connectivity index (χ0v) is 16.4. The maximum absolute atomic E-state index is 4.77. The number of likely N-dealkylation sites (tertiary alicyclic amines) is 1. The molecule has 0 bridgehead atoms. The number of anilines is 1. The second kappa shape index (κ2) is 7.14. The van der Waals surface area contributed by atoms with Gasteiger partial charge in [-0.25, -0.2) is 0 Å². The van der Waals surface area contributed by atoms with Crippen LogP contribution in [0, 0.1) is 0 Å². The number of hydrogen-bond donors (Lipinski definition) is 1. The second-order valence-corrected chi connectivity index (χ2v) is 9.01. The monoisotopic (exact) mass is 356 g/mol. The van der Waals surface area contributed by atoms with Gasteiger partial charge >= 0.3 is 0 Å². The van der Waals surface area contributed by atoms with Crippen LogP contribution in [-0.2, 0) is 5.41 Å². The van der Waals surface area contributed by atoms with Crippen LogP contribution in [0.25, 0.3) is 5.65 Å². The van der Waals surface area contributed by atoms with Crippen LogP contribution in [0.3, 0.4) is 0 Å². The number of nitrogens with zero attached hydrogens (tertiary/aromatic N) is 5. The largest absolute Gasteiger partial charge is 0.366 e. The molecule has 0 amide bonds. The molecule has 26 heavy (non-hydrogen) atoms. The lowest BCUT2D eigenvalue weighted by Gasteiger charge is -2.39. The molecule has 1 saturated carbocycles. The zero-order chi connectivity index (χ0) is 18.1. The Balaban J connectivity index is 1.40. The molecule has 2 aromatic heterocycles. The zero-order valence-electron chi connectivity index (χ0n) is 16.4. The van der Waals surface area contributed by atoms with Crippen LogP contribution in [-0.4, -0.2) is 49.9 Å². The highest BCUT2D eigenvalue weighted by atomic mass is 15.4. The molecule has 142 valence electrons. The van der Waals surface area contributed by atoms with Gasteiger partial charge < -0.3 is 10.2 Å². The van der Waals surface area contributed by atoms with Gasteiger partial charge in [-0.1, -0.05) is 40.0 Å². The Bertz CT molecular complexity index is 732. The fourth-order valence-electron chi connectivity index (χ4n) is 4.40. The number of nitrogens with one attached hydrogen (secondary N) is 1. The molecule has 1 saturated heterocycles. The van der Waals surface area contributed by atoms with Crippen LogP contribution in [0.4, 0.5) is 5.82 Å². The van der Waals surface area contributed by atoms with Gasteiger partial charge in [0.15, 0.2) is 11.5 Å². The highest BCUT2D eigenvalue weighted by molar-refractivity contribution is 5.45. The molecule has 2 aliphatic rings. The summed E-state index contributed by atoms with van der Waals surface area (Å²) in [6, 6.07) is 5.39. The van der Waals surface area contributed by atoms with Crippen molar-refractivity contribution in [3.8, 4) is 0 Å². The quantitative estimate of drug-likeness (QED) is 0.910. The van der Waals surface area contributed by atoms with E-state index >= 15 is 0 Å². The van der Waals surface area contributed by atoms with E-state index in [0.717, 1.165) is 23.3 Å². The fourth-order valence-corrected chi connectivity index (χ4v) is 4.40. The Morgan fingerprint density at radius 2 is 1.69 bits per heavy atom. The van der Waals surface area contributed by atoms with Gasteiger partial charge in [0.25, 0.3) is 0 Å². The SMILES string of the molecule is CC(C)(C)c1nnc2ccc(NC3CCN(C4CCCCC4)CC3)nn12. The van der Waals surface area contributed by atoms with Crippen molar-refractivity contribution in [2.45, 2.75) is 83.2 Å². The van der Waals surface area contributed by atoms with Crippen molar-refractivity contribution in [2.75, 3.05) is 18.4 Å². The fraction of sp³-hybridized carbons (Fsp3) is 0.750. The molecule has 0 aromatic carbocycles. The van der Waals surface area contributed by atoms with Crippen LogP contribution in [0.1, 0.15) is 71.5 Å². The standard InChI is InChI=1S/C20H32N6/c1-20(2,3)19-23-22-18-10-9-17(24-26(18)19)21-15-11-13-25(14-12-15)16-7-5-4-6-8-16/h9-10,15-16H,4-8,11-14H2,1-3H3,(H,21,24). The summed E-state index contributed by atoms with van der Waals surface area (Å²) < 4.78 is 1.89. The summed E-state index contributed by atoms with van der Waals surface area (Å²) in [7, 11) is 0. The lowest BCUT2D eigenvalue weighted by atomic mass is 9.92. The van der Waals surface area contributed by atoms with Gasteiger partial charge in [-0.05, 0) is 37.8 Å². The van der Waals surface area contributed by atoms with Crippen LogP contribution >= 0.6 is 0 Å². The molecule has 0 unspecified atom stereocenters. The third-order valence-corrected chi connectivity index (χ3v) is 5.91. The molecule has 1 aliphatic heterocycles. The van der Waals surface area contributed by atoms with E-state index in [-0.39, 0.29) is 5.41 Å². The third-order valence-electron chi connectivity index (χ3n) is 5.91. The van der Waals surface area contributed by atoms with E-state index in [2.05, 4.69) is 41.2 Å². The van der Waals surface area contributed by atoms with Gasteiger partial charge in [-0.3, -0.25) is 0 Å². The smallest absolute Gasteiger partial charge is 0.178 e. The first-order chi connectivity index (χ1) is 12.5. The van der Waals surface area contributed by atoms with E-state index in [1.54, 1.807) is 0 Å². The Kier molecular flexibility index (Phi) is 4.86. The molecule has 2 aromatic rings. The number of hydrogen-bond acceptors (Lipinski definition) is 5. The van der Waals surface area contributed by atoms with Gasteiger partial charge in [0.2, 0.25) is 0 Å². The van der Waals surface area contributed by atoms with Crippen molar-refractivity contribution in [2.24, 2.45) is 0 Å². The summed E-state index contributed by atoms with van der Waals surface area (Å²) in [4.78, 5) is 2.73. The summed E-state index contributed by atoms with van der Waals surface area (Å²) >= 11 is 0. The maximum atomic E-state index is 4.77. The van der Waals surface area contributed by atoms with Crippen LogP contribution in [0.5, 0.6) is 0 Å². The van der Waals surface area contributed by atoms with Crippen molar-refractivity contribution in [3.63, 3.8) is 0 Å². The Labute approximate surface area is 156 Å². The van der Waals surface area contributed by atoms with Gasteiger partial charge in [-0.15, -0.1) is 15.3 Å². The van der Waals surface area contributed by atoms with Crippen molar-refractivity contribution >= 4 is 11.5 Å². The normalized spacial score (nSPS) is 21.3. The Hall–Kier alpha value is -1.69. The first kappa shape index (κ1) is 17.7. The number of fused-ring (bicyclic) bond motifs is 1. The molecule has 3 heterocycles. The van der Waals surface area contributed by atoms with Gasteiger partial charge in [0.05, 0.1) is 0 Å². The van der Waals surface area contributed by atoms with E-state index < -0.39 is 0 Å². The average molecular weight is 357 g/mol. The van der Waals surface area contributed by atoms with Crippen molar-refractivity contribution in [3.05, 3.63) is 18.0 Å². The molecule has 6 nitrogen and oxygen atoms in total. The lowest BCUT2D eigenvalue weighted by molar-refractivity contribution is 0.126. The summed E-state index contributed by atoms with van der Waals surface area (Å²) in [5.74, 6) is 1.84. The second-order valence-electron chi connectivity index (χ2n) is 9.01. The predicted molar refractivity (Wildman–Crippen MR) is 105 cm³/mol. The van der Waals surface area contributed by atoms with Gasteiger partial charge in [0, 0.05) is 30.6 Å². The molecule has 4 rings (SSSR count). The summed E-state index contributed by atoms with van der Waals surface area (Å²) in [6.45, 7) is 8.86. The first-order valence-electron chi connectivity index (χ1n) is 10.2. The van der Waals surface area contributed by atoms with Gasteiger partial charge in [-0.2, -0.15) is 4.52 Å². The van der Waals surface area contributed by atoms with Crippen LogP contribution in [0.15, 0.2) is 12.1 Å². The molecular weight excluding hydrogens is 324 g/mol. The average Bonchev–Trinajstić information content (AvgIpc) is 3.07. The summed E-state index contributed by atoms with van der Waals surface area (Å²) in [6.07, 6.45) is 9.47. The van der Waals surface area contributed by atoms with Crippen molar-refractivity contribution < 1.29 is 0 Å². The van der Waals surface area contributed by atoms with Crippen molar-refractivity contribution in [1.82, 2.24) is 24.7 Å². The van der Waals surface area contributed by atoms with Crippen LogP contribution in [0.2, 0.25) is 0 Å². The summed E-state index contributed by atoms with van der Waals surface area (Å²) in [5, 5.41) is 17.0. The summed E-state index contributed by atoms with van der Waals surface area (Å²) in [5.41, 5.74) is 0.740. The Morgan fingerprint density at radius 3 is 2.38 bits per heavy atom. The topological polar surface area (TPSA) is 58.4 Å². The minimum Gasteiger partial charge on any atom is -0.366 e. The molecular formula is C20H32N6. The van der Waals surface area contributed by atoms with Gasteiger partial charge in [0.1, 0.15) is 5.82 Å². The molecule has 1 aliphatic carbocycles. The van der Waals surface area contributed by atoms with E-state index in [1.807, 2.05) is 16.6 Å². The molecule has 6 heteroatoms. The van der Waals surface area contributed by atoms with E-state index in [4.69, 9.17) is 5.10 Å². The number of aromatic nitrogens is 4. The van der Waals surface area contributed by atoms with E-state index in [9.17, 15) is 0 Å². The van der Waals surface area contributed by atoms with Crippen LogP contribution < -0.4 is 5.32 Å². The first-order valence-corrected chi connectivity index (χ1v) is 10.2. The highest BCUT2D eigenvalue weighted by Gasteiger charge is 2.27. The number of rotatable bonds is 3. The van der Waals surface area contributed by atoms with E-state index in [0.29, 0.717) is 6.04 Å². The third kappa shape index (κ3) is 3.70. The minimum atomic E-state index is -0.0730. The molecule has 2 fully saturated rings. The lowest BCUT2D eigenvalue weighted by Crippen LogP contribution is -2.45. The molecule has 1 N–H and O–H groups in total. The van der Waals surface area contributed by atoms with E-state index in [1.165, 1.54) is 58.0 Å². The minimum absolute atomic E-state index is 0.0730. The van der Waals surface area contributed by atoms with Crippen molar-refractivity contribution in [1.29, 1.82) is 0 Å².